The number of carbonyl (C=O) groups is 4. The first kappa shape index (κ1) is 26.4. The molecule has 2 N–H and O–H groups in total. The van der Waals surface area contributed by atoms with Crippen LogP contribution in [0.15, 0.2) is 30.5 Å². The Labute approximate surface area is 218 Å². The summed E-state index contributed by atoms with van der Waals surface area (Å²) in [5.41, 5.74) is 0.336. The number of alkyl halides is 3. The number of rotatable bonds is 6. The number of halogens is 4. The third kappa shape index (κ3) is 5.49. The van der Waals surface area contributed by atoms with Gasteiger partial charge in [-0.1, -0.05) is 12.1 Å². The molecule has 14 heteroatoms. The van der Waals surface area contributed by atoms with Gasteiger partial charge in [-0.05, 0) is 37.0 Å². The number of aromatic nitrogens is 1. The van der Waals surface area contributed by atoms with Crippen molar-refractivity contribution in [3.05, 3.63) is 58.7 Å². The molecule has 39 heavy (non-hydrogen) atoms. The third-order valence-electron chi connectivity index (χ3n) is 6.91. The number of amides is 4. The number of hydrogen-bond donors (Lipinski definition) is 2. The molecule has 1 aromatic carbocycles. The zero-order valence-electron chi connectivity index (χ0n) is 20.2. The standard InChI is InChI=1S/C25H22F4N4O6/c26-20-12(3-4-13-11-33(23(36)19(13)20)16-5-6-18(34)32-22(16)35)10-31-24(37)38-15-8-14(9-15)21-17(2-1-7-30-21)39-25(27,28)29/h1-4,7,14-16H,5-6,8-11H2,(H,31,37)(H,32,34,35). The molecule has 206 valence electrons. The Hall–Kier alpha value is -4.23. The number of benzene rings is 1. The number of alkyl carbamates (subject to hydrolysis) is 1. The predicted octanol–water partition coefficient (Wildman–Crippen LogP) is 3.05. The fraction of sp³-hybridized carbons (Fsp3) is 0.400. The van der Waals surface area contributed by atoms with Crippen molar-refractivity contribution in [1.29, 1.82) is 0 Å². The fourth-order valence-electron chi connectivity index (χ4n) is 4.95. The Morgan fingerprint density at radius 2 is 1.95 bits per heavy atom. The summed E-state index contributed by atoms with van der Waals surface area (Å²) in [6, 6.07) is 4.55. The quantitative estimate of drug-likeness (QED) is 0.418. The van der Waals surface area contributed by atoms with Gasteiger partial charge in [-0.3, -0.25) is 24.7 Å². The maximum Gasteiger partial charge on any atom is 0.573 e. The van der Waals surface area contributed by atoms with Crippen LogP contribution in [0.2, 0.25) is 0 Å². The summed E-state index contributed by atoms with van der Waals surface area (Å²) in [6.45, 7) is -0.272. The zero-order chi connectivity index (χ0) is 27.9. The molecule has 1 saturated heterocycles. The maximum atomic E-state index is 15.2. The van der Waals surface area contributed by atoms with E-state index in [0.717, 1.165) is 6.07 Å². The first-order valence-electron chi connectivity index (χ1n) is 12.1. The molecule has 1 aliphatic carbocycles. The van der Waals surface area contributed by atoms with Gasteiger partial charge in [-0.2, -0.15) is 0 Å². The van der Waals surface area contributed by atoms with Crippen molar-refractivity contribution in [2.75, 3.05) is 0 Å². The summed E-state index contributed by atoms with van der Waals surface area (Å²) in [4.78, 5) is 53.9. The Morgan fingerprint density at radius 3 is 2.67 bits per heavy atom. The van der Waals surface area contributed by atoms with Gasteiger partial charge in [-0.25, -0.2) is 9.18 Å². The van der Waals surface area contributed by atoms with E-state index in [1.165, 1.54) is 29.3 Å². The lowest BCUT2D eigenvalue weighted by Gasteiger charge is -2.34. The SMILES string of the molecule is O=C1CCC(N2Cc3ccc(CNC(=O)OC4CC(c5ncccc5OC(F)(F)F)C4)c(F)c3C2=O)C(=O)N1. The highest BCUT2D eigenvalue weighted by Gasteiger charge is 2.41. The van der Waals surface area contributed by atoms with Gasteiger partial charge in [-0.15, -0.1) is 13.2 Å². The van der Waals surface area contributed by atoms with Gasteiger partial charge in [0.1, 0.15) is 18.0 Å². The smallest absolute Gasteiger partial charge is 0.446 e. The van der Waals surface area contributed by atoms with E-state index < -0.39 is 59.8 Å². The molecule has 1 atom stereocenters. The highest BCUT2D eigenvalue weighted by molar-refractivity contribution is 6.05. The van der Waals surface area contributed by atoms with Crippen molar-refractivity contribution in [3.63, 3.8) is 0 Å². The van der Waals surface area contributed by atoms with E-state index in [1.807, 2.05) is 0 Å². The van der Waals surface area contributed by atoms with Crippen LogP contribution in [0.4, 0.5) is 22.4 Å². The average molecular weight is 550 g/mol. The summed E-state index contributed by atoms with van der Waals surface area (Å²) < 4.78 is 62.4. The molecule has 2 fully saturated rings. The number of carbonyl (C=O) groups excluding carboxylic acids is 4. The second-order valence-corrected chi connectivity index (χ2v) is 9.46. The lowest BCUT2D eigenvalue weighted by molar-refractivity contribution is -0.275. The van der Waals surface area contributed by atoms with E-state index in [1.54, 1.807) is 0 Å². The fourth-order valence-corrected chi connectivity index (χ4v) is 4.95. The van der Waals surface area contributed by atoms with Gasteiger partial charge in [0, 0.05) is 37.2 Å². The van der Waals surface area contributed by atoms with Crippen molar-refractivity contribution in [1.82, 2.24) is 20.5 Å². The molecule has 5 rings (SSSR count). The van der Waals surface area contributed by atoms with Crippen LogP contribution in [0.3, 0.4) is 0 Å². The molecule has 3 aliphatic rings. The van der Waals surface area contributed by atoms with Crippen molar-refractivity contribution >= 4 is 23.8 Å². The Kier molecular flexibility index (Phi) is 6.87. The number of fused-ring (bicyclic) bond motifs is 1. The predicted molar refractivity (Wildman–Crippen MR) is 122 cm³/mol. The Morgan fingerprint density at radius 1 is 1.18 bits per heavy atom. The highest BCUT2D eigenvalue weighted by Crippen LogP contribution is 2.42. The van der Waals surface area contributed by atoms with Crippen LogP contribution in [0.1, 0.15) is 58.8 Å². The maximum absolute atomic E-state index is 15.2. The molecule has 1 aromatic heterocycles. The van der Waals surface area contributed by atoms with Gasteiger partial charge < -0.3 is 19.7 Å². The second-order valence-electron chi connectivity index (χ2n) is 9.46. The van der Waals surface area contributed by atoms with Gasteiger partial charge in [0.2, 0.25) is 11.8 Å². The summed E-state index contributed by atoms with van der Waals surface area (Å²) in [5.74, 6) is -3.34. The number of hydrogen-bond acceptors (Lipinski definition) is 7. The molecule has 3 heterocycles. The Bertz CT molecular complexity index is 1340. The van der Waals surface area contributed by atoms with Crippen LogP contribution < -0.4 is 15.4 Å². The van der Waals surface area contributed by atoms with E-state index in [-0.39, 0.29) is 55.6 Å². The third-order valence-corrected chi connectivity index (χ3v) is 6.91. The number of nitrogens with one attached hydrogen (secondary N) is 2. The minimum atomic E-state index is -4.86. The van der Waals surface area contributed by atoms with Crippen LogP contribution in [-0.4, -0.2) is 52.2 Å². The highest BCUT2D eigenvalue weighted by atomic mass is 19.4. The van der Waals surface area contributed by atoms with Crippen LogP contribution in [-0.2, 0) is 27.4 Å². The number of ether oxygens (including phenoxy) is 2. The van der Waals surface area contributed by atoms with E-state index in [9.17, 15) is 32.3 Å². The number of piperidine rings is 1. The number of pyridine rings is 1. The molecule has 10 nitrogen and oxygen atoms in total. The average Bonchev–Trinajstić information content (AvgIpc) is 3.17. The van der Waals surface area contributed by atoms with Crippen molar-refractivity contribution in [2.24, 2.45) is 0 Å². The topological polar surface area (TPSA) is 127 Å². The molecule has 2 aliphatic heterocycles. The first-order chi connectivity index (χ1) is 18.5. The van der Waals surface area contributed by atoms with Crippen molar-refractivity contribution in [3.8, 4) is 5.75 Å². The molecule has 1 unspecified atom stereocenters. The van der Waals surface area contributed by atoms with Crippen LogP contribution in [0.25, 0.3) is 0 Å². The minimum Gasteiger partial charge on any atom is -0.446 e. The van der Waals surface area contributed by atoms with Gasteiger partial charge in [0.25, 0.3) is 5.91 Å². The van der Waals surface area contributed by atoms with Crippen molar-refractivity contribution < 1.29 is 46.2 Å². The molecule has 0 radical (unpaired) electrons. The van der Waals surface area contributed by atoms with Gasteiger partial charge >= 0.3 is 12.5 Å². The Balaban J connectivity index is 1.15. The first-order valence-corrected chi connectivity index (χ1v) is 12.1. The van der Waals surface area contributed by atoms with Crippen LogP contribution in [0.5, 0.6) is 5.75 Å². The van der Waals surface area contributed by atoms with Crippen LogP contribution >= 0.6 is 0 Å². The van der Waals surface area contributed by atoms with E-state index >= 15 is 4.39 Å². The lowest BCUT2D eigenvalue weighted by atomic mass is 9.79. The molecule has 0 spiro atoms. The lowest BCUT2D eigenvalue weighted by Crippen LogP contribution is -2.52. The van der Waals surface area contributed by atoms with Crippen LogP contribution in [0, 0.1) is 5.82 Å². The van der Waals surface area contributed by atoms with Gasteiger partial charge in [0.15, 0.2) is 5.75 Å². The normalized spacial score (nSPS) is 22.6. The van der Waals surface area contributed by atoms with Crippen molar-refractivity contribution in [2.45, 2.75) is 63.2 Å². The van der Waals surface area contributed by atoms with E-state index in [0.29, 0.717) is 5.56 Å². The minimum absolute atomic E-state index is 0.0158. The molecular formula is C25H22F4N4O6. The zero-order valence-corrected chi connectivity index (χ0v) is 20.2. The number of imide groups is 1. The summed E-state index contributed by atoms with van der Waals surface area (Å²) in [7, 11) is 0. The summed E-state index contributed by atoms with van der Waals surface area (Å²) >= 11 is 0. The largest absolute Gasteiger partial charge is 0.573 e. The summed E-state index contributed by atoms with van der Waals surface area (Å²) in [6.07, 6.45) is -4.27. The van der Waals surface area contributed by atoms with E-state index in [4.69, 9.17) is 4.74 Å². The van der Waals surface area contributed by atoms with E-state index in [2.05, 4.69) is 20.4 Å². The molecule has 2 aromatic rings. The number of nitrogens with zero attached hydrogens (tertiary/aromatic N) is 2. The van der Waals surface area contributed by atoms with Gasteiger partial charge in [0.05, 0.1) is 11.3 Å². The second kappa shape index (κ2) is 10.2. The molecule has 1 saturated carbocycles. The molecular weight excluding hydrogens is 528 g/mol. The molecule has 4 amide bonds. The summed E-state index contributed by atoms with van der Waals surface area (Å²) in [5, 5.41) is 4.59. The molecule has 0 bridgehead atoms. The monoisotopic (exact) mass is 550 g/mol.